The van der Waals surface area contributed by atoms with Crippen LogP contribution in [0.2, 0.25) is 0 Å². The highest BCUT2D eigenvalue weighted by Crippen LogP contribution is 2.34. The molecular formula is C18H17N3O2S. The molecule has 24 heavy (non-hydrogen) atoms. The van der Waals surface area contributed by atoms with Crippen LogP contribution in [0.1, 0.15) is 18.5 Å². The minimum absolute atomic E-state index is 0.0119. The van der Waals surface area contributed by atoms with Gasteiger partial charge in [0.05, 0.1) is 5.69 Å². The second kappa shape index (κ2) is 6.20. The molecule has 2 heterocycles. The highest BCUT2D eigenvalue weighted by molar-refractivity contribution is 7.13. The summed E-state index contributed by atoms with van der Waals surface area (Å²) in [6, 6.07) is 9.84. The van der Waals surface area contributed by atoms with Crippen LogP contribution in [-0.2, 0) is 4.79 Å². The maximum atomic E-state index is 12.2. The highest BCUT2D eigenvalue weighted by Gasteiger charge is 2.36. The first-order valence-electron chi connectivity index (χ1n) is 7.92. The van der Waals surface area contributed by atoms with Crippen LogP contribution in [0.25, 0.3) is 10.9 Å². The number of amides is 1. The lowest BCUT2D eigenvalue weighted by atomic mass is 9.81. The summed E-state index contributed by atoms with van der Waals surface area (Å²) in [5.41, 5.74) is 1.79. The van der Waals surface area contributed by atoms with Gasteiger partial charge in [0, 0.05) is 22.9 Å². The van der Waals surface area contributed by atoms with Gasteiger partial charge in [-0.05, 0) is 31.9 Å². The Balaban J connectivity index is 1.36. The Morgan fingerprint density at radius 2 is 2.12 bits per heavy atom. The molecule has 2 aromatic heterocycles. The summed E-state index contributed by atoms with van der Waals surface area (Å²) in [7, 11) is 0. The zero-order chi connectivity index (χ0) is 16.5. The molecule has 4 rings (SSSR count). The number of anilines is 1. The van der Waals surface area contributed by atoms with E-state index in [1.54, 1.807) is 6.20 Å². The summed E-state index contributed by atoms with van der Waals surface area (Å²) in [6.45, 7) is 1.91. The number of thiazole rings is 1. The molecule has 1 amide bonds. The van der Waals surface area contributed by atoms with E-state index in [0.717, 1.165) is 35.2 Å². The lowest BCUT2D eigenvalue weighted by Crippen LogP contribution is -2.40. The number of para-hydroxylation sites is 1. The monoisotopic (exact) mass is 339 g/mol. The maximum absolute atomic E-state index is 12.2. The number of carbonyl (C=O) groups is 1. The van der Waals surface area contributed by atoms with E-state index in [-0.39, 0.29) is 17.9 Å². The van der Waals surface area contributed by atoms with Crippen LogP contribution in [0, 0.1) is 12.8 Å². The summed E-state index contributed by atoms with van der Waals surface area (Å²) in [4.78, 5) is 20.9. The quantitative estimate of drug-likeness (QED) is 0.785. The third-order valence-corrected chi connectivity index (χ3v) is 5.08. The van der Waals surface area contributed by atoms with Crippen molar-refractivity contribution in [3.05, 3.63) is 47.6 Å². The number of rotatable bonds is 4. The van der Waals surface area contributed by atoms with Crippen LogP contribution >= 0.6 is 11.3 Å². The first-order valence-corrected chi connectivity index (χ1v) is 8.80. The van der Waals surface area contributed by atoms with E-state index in [2.05, 4.69) is 15.3 Å². The highest BCUT2D eigenvalue weighted by atomic mass is 32.1. The fraction of sp³-hybridized carbons (Fsp3) is 0.278. The molecule has 122 valence electrons. The number of aryl methyl sites for hydroxylation is 1. The molecule has 0 radical (unpaired) electrons. The van der Waals surface area contributed by atoms with Gasteiger partial charge in [0.25, 0.3) is 0 Å². The summed E-state index contributed by atoms with van der Waals surface area (Å²) in [5, 5.41) is 6.53. The number of benzene rings is 1. The molecule has 0 unspecified atom stereocenters. The van der Waals surface area contributed by atoms with Crippen LogP contribution in [0.5, 0.6) is 5.75 Å². The molecule has 0 bridgehead atoms. The normalized spacial score (nSPS) is 19.7. The van der Waals surface area contributed by atoms with Gasteiger partial charge in [-0.3, -0.25) is 9.78 Å². The van der Waals surface area contributed by atoms with Crippen molar-refractivity contribution in [2.24, 2.45) is 5.92 Å². The van der Waals surface area contributed by atoms with E-state index >= 15 is 0 Å². The lowest BCUT2D eigenvalue weighted by molar-refractivity contribution is -0.125. The smallest absolute Gasteiger partial charge is 0.229 e. The molecule has 1 N–H and O–H groups in total. The van der Waals surface area contributed by atoms with E-state index in [9.17, 15) is 4.79 Å². The number of fused-ring (bicyclic) bond motifs is 1. The van der Waals surface area contributed by atoms with Crippen LogP contribution in [0.3, 0.4) is 0 Å². The zero-order valence-electron chi connectivity index (χ0n) is 13.2. The molecule has 0 aliphatic heterocycles. The second-order valence-electron chi connectivity index (χ2n) is 6.02. The first-order chi connectivity index (χ1) is 11.7. The molecular weight excluding hydrogens is 322 g/mol. The number of carbonyl (C=O) groups excluding carboxylic acids is 1. The maximum Gasteiger partial charge on any atom is 0.229 e. The minimum atomic E-state index is -0.0119. The van der Waals surface area contributed by atoms with Crippen molar-refractivity contribution in [3.63, 3.8) is 0 Å². The topological polar surface area (TPSA) is 64.1 Å². The van der Waals surface area contributed by atoms with Gasteiger partial charge in [-0.2, -0.15) is 0 Å². The standard InChI is InChI=1S/C18H17N3O2S/c1-11-10-24-18(20-11)21-17(22)13-8-14(9-13)23-15-6-2-4-12-5-3-7-19-16(12)15/h2-7,10,13-14H,8-9H2,1H3,(H,20,21,22)/t13-,14-. The zero-order valence-corrected chi connectivity index (χ0v) is 14.0. The Morgan fingerprint density at radius 1 is 1.29 bits per heavy atom. The van der Waals surface area contributed by atoms with Gasteiger partial charge in [0.2, 0.25) is 5.91 Å². The van der Waals surface area contributed by atoms with Gasteiger partial charge in [0.1, 0.15) is 17.4 Å². The molecule has 1 saturated carbocycles. The van der Waals surface area contributed by atoms with E-state index < -0.39 is 0 Å². The van der Waals surface area contributed by atoms with Gasteiger partial charge in [0.15, 0.2) is 5.13 Å². The van der Waals surface area contributed by atoms with Crippen molar-refractivity contribution in [2.45, 2.75) is 25.9 Å². The van der Waals surface area contributed by atoms with Crippen molar-refractivity contribution in [2.75, 3.05) is 5.32 Å². The Hall–Kier alpha value is -2.47. The number of hydrogen-bond donors (Lipinski definition) is 1. The average Bonchev–Trinajstić information content (AvgIpc) is 2.95. The van der Waals surface area contributed by atoms with E-state index in [1.807, 2.05) is 42.6 Å². The molecule has 3 aromatic rings. The number of pyridine rings is 1. The number of nitrogens with one attached hydrogen (secondary N) is 1. The second-order valence-corrected chi connectivity index (χ2v) is 6.88. The predicted octanol–water partition coefficient (Wildman–Crippen LogP) is 3.80. The molecule has 0 saturated heterocycles. The third-order valence-electron chi connectivity index (χ3n) is 4.20. The summed E-state index contributed by atoms with van der Waals surface area (Å²) in [5.74, 6) is 0.801. The van der Waals surface area contributed by atoms with E-state index in [0.29, 0.717) is 5.13 Å². The van der Waals surface area contributed by atoms with E-state index in [4.69, 9.17) is 4.74 Å². The van der Waals surface area contributed by atoms with Crippen molar-refractivity contribution in [3.8, 4) is 5.75 Å². The molecule has 0 spiro atoms. The van der Waals surface area contributed by atoms with Gasteiger partial charge < -0.3 is 10.1 Å². The van der Waals surface area contributed by atoms with Crippen molar-refractivity contribution in [1.29, 1.82) is 0 Å². The van der Waals surface area contributed by atoms with Gasteiger partial charge in [-0.1, -0.05) is 18.2 Å². The third kappa shape index (κ3) is 2.97. The average molecular weight is 339 g/mol. The number of ether oxygens (including phenoxy) is 1. The van der Waals surface area contributed by atoms with Crippen molar-refractivity contribution < 1.29 is 9.53 Å². The lowest BCUT2D eigenvalue weighted by Gasteiger charge is -2.34. The molecule has 1 aliphatic rings. The van der Waals surface area contributed by atoms with Crippen molar-refractivity contribution in [1.82, 2.24) is 9.97 Å². The number of nitrogens with zero attached hydrogens (tertiary/aromatic N) is 2. The number of hydrogen-bond acceptors (Lipinski definition) is 5. The number of aromatic nitrogens is 2. The minimum Gasteiger partial charge on any atom is -0.488 e. The molecule has 0 atom stereocenters. The summed E-state index contributed by atoms with van der Waals surface area (Å²) >= 11 is 1.45. The largest absolute Gasteiger partial charge is 0.488 e. The molecule has 1 fully saturated rings. The van der Waals surface area contributed by atoms with Crippen LogP contribution < -0.4 is 10.1 Å². The Kier molecular flexibility index (Phi) is 3.90. The summed E-state index contributed by atoms with van der Waals surface area (Å²) in [6.07, 6.45) is 3.27. The van der Waals surface area contributed by atoms with Crippen LogP contribution in [0.4, 0.5) is 5.13 Å². The van der Waals surface area contributed by atoms with Gasteiger partial charge in [-0.25, -0.2) is 4.98 Å². The first kappa shape index (κ1) is 15.1. The molecule has 6 heteroatoms. The Labute approximate surface area is 143 Å². The Morgan fingerprint density at radius 3 is 2.92 bits per heavy atom. The predicted molar refractivity (Wildman–Crippen MR) is 94.4 cm³/mol. The SMILES string of the molecule is Cc1csc(NC(=O)[C@H]2C[C@H](Oc3cccc4cccnc34)C2)n1. The molecule has 5 nitrogen and oxygen atoms in total. The van der Waals surface area contributed by atoms with Crippen molar-refractivity contribution >= 4 is 33.3 Å². The van der Waals surface area contributed by atoms with Gasteiger partial charge >= 0.3 is 0 Å². The molecule has 1 aromatic carbocycles. The van der Waals surface area contributed by atoms with Crippen LogP contribution in [-0.4, -0.2) is 22.0 Å². The van der Waals surface area contributed by atoms with Gasteiger partial charge in [-0.15, -0.1) is 11.3 Å². The fourth-order valence-electron chi connectivity index (χ4n) is 2.85. The molecule has 1 aliphatic carbocycles. The fourth-order valence-corrected chi connectivity index (χ4v) is 3.54. The van der Waals surface area contributed by atoms with Crippen LogP contribution in [0.15, 0.2) is 41.9 Å². The van der Waals surface area contributed by atoms with E-state index in [1.165, 1.54) is 11.3 Å². The summed E-state index contributed by atoms with van der Waals surface area (Å²) < 4.78 is 6.04. The Bertz CT molecular complexity index is 881.